The van der Waals surface area contributed by atoms with E-state index in [2.05, 4.69) is 34.9 Å². The minimum absolute atomic E-state index is 0.0126. The molecule has 7 nitrogen and oxygen atoms in total. The number of carbonyl (C=O) groups is 3. The van der Waals surface area contributed by atoms with Crippen molar-refractivity contribution in [1.82, 2.24) is 10.6 Å². The molecule has 0 aliphatic heterocycles. The number of hydrogen-bond donors (Lipinski definition) is 3. The zero-order valence-electron chi connectivity index (χ0n) is 19.3. The largest absolute Gasteiger partial charge is 0.480 e. The highest BCUT2D eigenvalue weighted by Crippen LogP contribution is 2.44. The molecule has 2 aromatic carbocycles. The molecule has 0 spiro atoms. The molecule has 2 amide bonds. The van der Waals surface area contributed by atoms with Crippen molar-refractivity contribution in [2.24, 2.45) is 11.8 Å². The summed E-state index contributed by atoms with van der Waals surface area (Å²) in [7, 11) is 0. The standard InChI is InChI=1S/C26H32N2O5/c1-4-16(2)23(25(30)31)28-24(29)17(3)13-14-27-26(32)33-15-22-20-11-7-5-9-18(20)19-10-6-8-12-21(19)22/h5-12,16-17,22-23H,4,13-15H2,1-3H3,(H,27,32)(H,28,29)(H,30,31). The van der Waals surface area contributed by atoms with Crippen LogP contribution in [-0.4, -0.2) is 42.3 Å². The number of rotatable bonds is 10. The number of fused-ring (bicyclic) bond motifs is 3. The quantitative estimate of drug-likeness (QED) is 0.502. The normalized spacial score (nSPS) is 15.0. The van der Waals surface area contributed by atoms with Crippen LogP contribution < -0.4 is 10.6 Å². The Morgan fingerprint density at radius 2 is 1.58 bits per heavy atom. The van der Waals surface area contributed by atoms with Gasteiger partial charge in [-0.2, -0.15) is 0 Å². The molecule has 3 atom stereocenters. The minimum atomic E-state index is -1.04. The lowest BCUT2D eigenvalue weighted by molar-refractivity contribution is -0.143. The molecular weight excluding hydrogens is 420 g/mol. The SMILES string of the molecule is CCC(C)C(NC(=O)C(C)CCNC(=O)OCC1c2ccccc2-c2ccccc21)C(=O)O. The second-order valence-electron chi connectivity index (χ2n) is 8.65. The first-order valence-electron chi connectivity index (χ1n) is 11.5. The van der Waals surface area contributed by atoms with Gasteiger partial charge in [-0.3, -0.25) is 4.79 Å². The van der Waals surface area contributed by atoms with Crippen molar-refractivity contribution in [2.45, 2.75) is 45.6 Å². The van der Waals surface area contributed by atoms with Crippen LogP contribution in [0.2, 0.25) is 0 Å². The van der Waals surface area contributed by atoms with E-state index in [0.717, 1.165) is 11.1 Å². The Morgan fingerprint density at radius 1 is 1.00 bits per heavy atom. The Balaban J connectivity index is 1.47. The van der Waals surface area contributed by atoms with Crippen molar-refractivity contribution in [3.63, 3.8) is 0 Å². The van der Waals surface area contributed by atoms with Crippen LogP contribution in [-0.2, 0) is 14.3 Å². The predicted octanol–water partition coefficient (Wildman–Crippen LogP) is 4.17. The average Bonchev–Trinajstić information content (AvgIpc) is 3.14. The maximum Gasteiger partial charge on any atom is 0.407 e. The van der Waals surface area contributed by atoms with Crippen LogP contribution in [0.5, 0.6) is 0 Å². The number of carboxylic acid groups (broad SMARTS) is 1. The number of carbonyl (C=O) groups excluding carboxylic acids is 2. The van der Waals surface area contributed by atoms with Crippen molar-refractivity contribution in [2.75, 3.05) is 13.2 Å². The van der Waals surface area contributed by atoms with Gasteiger partial charge in [0, 0.05) is 18.4 Å². The van der Waals surface area contributed by atoms with E-state index in [-0.39, 0.29) is 30.9 Å². The maximum atomic E-state index is 12.4. The topological polar surface area (TPSA) is 105 Å². The molecule has 176 valence electrons. The van der Waals surface area contributed by atoms with Gasteiger partial charge in [0.15, 0.2) is 0 Å². The summed E-state index contributed by atoms with van der Waals surface area (Å²) in [6, 6.07) is 15.3. The highest BCUT2D eigenvalue weighted by atomic mass is 16.5. The van der Waals surface area contributed by atoms with Crippen LogP contribution in [0.4, 0.5) is 4.79 Å². The third-order valence-corrected chi connectivity index (χ3v) is 6.41. The fourth-order valence-electron chi connectivity index (χ4n) is 4.15. The van der Waals surface area contributed by atoms with E-state index in [1.807, 2.05) is 31.2 Å². The molecular formula is C26H32N2O5. The number of benzene rings is 2. The Bertz CT molecular complexity index is 960. The van der Waals surface area contributed by atoms with E-state index in [0.29, 0.717) is 12.8 Å². The second-order valence-corrected chi connectivity index (χ2v) is 8.65. The van der Waals surface area contributed by atoms with Crippen molar-refractivity contribution in [1.29, 1.82) is 0 Å². The Hall–Kier alpha value is -3.35. The van der Waals surface area contributed by atoms with Gasteiger partial charge in [-0.25, -0.2) is 9.59 Å². The Morgan fingerprint density at radius 3 is 2.12 bits per heavy atom. The summed E-state index contributed by atoms with van der Waals surface area (Å²) in [6.45, 7) is 5.87. The van der Waals surface area contributed by atoms with Gasteiger partial charge < -0.3 is 20.5 Å². The summed E-state index contributed by atoms with van der Waals surface area (Å²) in [5, 5.41) is 14.6. The lowest BCUT2D eigenvalue weighted by Gasteiger charge is -2.22. The van der Waals surface area contributed by atoms with Crippen molar-refractivity contribution in [3.05, 3.63) is 59.7 Å². The summed E-state index contributed by atoms with van der Waals surface area (Å²) < 4.78 is 5.50. The molecule has 1 aliphatic carbocycles. The van der Waals surface area contributed by atoms with Crippen molar-refractivity contribution >= 4 is 18.0 Å². The fourth-order valence-corrected chi connectivity index (χ4v) is 4.15. The molecule has 0 fully saturated rings. The molecule has 0 bridgehead atoms. The number of amides is 2. The second kappa shape index (κ2) is 11.0. The van der Waals surface area contributed by atoms with Gasteiger partial charge in [0.05, 0.1) is 0 Å². The van der Waals surface area contributed by atoms with Gasteiger partial charge in [0.25, 0.3) is 0 Å². The maximum absolute atomic E-state index is 12.4. The highest BCUT2D eigenvalue weighted by Gasteiger charge is 2.29. The third-order valence-electron chi connectivity index (χ3n) is 6.41. The van der Waals surface area contributed by atoms with Gasteiger partial charge in [-0.1, -0.05) is 75.7 Å². The molecule has 1 aliphatic rings. The molecule has 0 heterocycles. The Kier molecular flexibility index (Phi) is 8.09. The summed E-state index contributed by atoms with van der Waals surface area (Å²) in [4.78, 5) is 36.0. The summed E-state index contributed by atoms with van der Waals surface area (Å²) in [5.41, 5.74) is 4.62. The smallest absolute Gasteiger partial charge is 0.407 e. The van der Waals surface area contributed by atoms with E-state index in [9.17, 15) is 19.5 Å². The van der Waals surface area contributed by atoms with Crippen LogP contribution in [0.15, 0.2) is 48.5 Å². The zero-order chi connectivity index (χ0) is 24.0. The molecule has 0 saturated heterocycles. The van der Waals surface area contributed by atoms with E-state index in [1.165, 1.54) is 11.1 Å². The van der Waals surface area contributed by atoms with Crippen LogP contribution in [0.25, 0.3) is 11.1 Å². The van der Waals surface area contributed by atoms with Crippen LogP contribution >= 0.6 is 0 Å². The van der Waals surface area contributed by atoms with E-state index >= 15 is 0 Å². The zero-order valence-corrected chi connectivity index (χ0v) is 19.3. The fraction of sp³-hybridized carbons (Fsp3) is 0.423. The summed E-state index contributed by atoms with van der Waals surface area (Å²) in [5.74, 6) is -2.00. The van der Waals surface area contributed by atoms with E-state index in [1.54, 1.807) is 13.8 Å². The van der Waals surface area contributed by atoms with Crippen molar-refractivity contribution < 1.29 is 24.2 Å². The molecule has 0 saturated carbocycles. The number of ether oxygens (including phenoxy) is 1. The predicted molar refractivity (Wildman–Crippen MR) is 126 cm³/mol. The average molecular weight is 453 g/mol. The van der Waals surface area contributed by atoms with Gasteiger partial charge in [0.1, 0.15) is 12.6 Å². The Labute approximate surface area is 194 Å². The number of carboxylic acids is 1. The first-order valence-corrected chi connectivity index (χ1v) is 11.5. The van der Waals surface area contributed by atoms with Gasteiger partial charge in [-0.15, -0.1) is 0 Å². The lowest BCUT2D eigenvalue weighted by atomic mass is 9.98. The third kappa shape index (κ3) is 5.72. The minimum Gasteiger partial charge on any atom is -0.480 e. The van der Waals surface area contributed by atoms with E-state index in [4.69, 9.17) is 4.74 Å². The van der Waals surface area contributed by atoms with Gasteiger partial charge in [-0.05, 0) is 34.6 Å². The number of alkyl carbamates (subject to hydrolysis) is 1. The lowest BCUT2D eigenvalue weighted by Crippen LogP contribution is -2.47. The molecule has 33 heavy (non-hydrogen) atoms. The van der Waals surface area contributed by atoms with Crippen molar-refractivity contribution in [3.8, 4) is 11.1 Å². The number of nitrogens with one attached hydrogen (secondary N) is 2. The molecule has 3 unspecified atom stereocenters. The molecule has 3 N–H and O–H groups in total. The summed E-state index contributed by atoms with van der Waals surface area (Å²) >= 11 is 0. The van der Waals surface area contributed by atoms with Crippen LogP contribution in [0.1, 0.15) is 50.7 Å². The molecule has 0 radical (unpaired) electrons. The highest BCUT2D eigenvalue weighted by molar-refractivity contribution is 5.85. The van der Waals surface area contributed by atoms with Gasteiger partial charge in [0.2, 0.25) is 5.91 Å². The van der Waals surface area contributed by atoms with Crippen LogP contribution in [0, 0.1) is 11.8 Å². The molecule has 7 heteroatoms. The molecule has 3 rings (SSSR count). The summed E-state index contributed by atoms with van der Waals surface area (Å²) in [6.07, 6.45) is 0.491. The van der Waals surface area contributed by atoms with Gasteiger partial charge >= 0.3 is 12.1 Å². The number of aliphatic carboxylic acids is 1. The monoisotopic (exact) mass is 452 g/mol. The van der Waals surface area contributed by atoms with Crippen LogP contribution in [0.3, 0.4) is 0 Å². The molecule has 2 aromatic rings. The molecule has 0 aromatic heterocycles. The first kappa shape index (κ1) is 24.3. The number of hydrogen-bond acceptors (Lipinski definition) is 4. The first-order chi connectivity index (χ1) is 15.8. The van der Waals surface area contributed by atoms with E-state index < -0.39 is 24.0 Å².